The van der Waals surface area contributed by atoms with Gasteiger partial charge in [-0.3, -0.25) is 9.59 Å². The molecule has 4 aliphatic rings. The summed E-state index contributed by atoms with van der Waals surface area (Å²) in [6.07, 6.45) is 13.2. The van der Waals surface area contributed by atoms with E-state index in [0.29, 0.717) is 17.9 Å². The van der Waals surface area contributed by atoms with Crippen molar-refractivity contribution >= 4 is 28.5 Å². The van der Waals surface area contributed by atoms with Gasteiger partial charge in [-0.2, -0.15) is 0 Å². The Labute approximate surface area is 251 Å². The molecule has 0 aromatic carbocycles. The lowest BCUT2D eigenvalue weighted by Gasteiger charge is -2.23. The Balaban J connectivity index is 1.22. The Morgan fingerprint density at radius 3 is 2.63 bits per heavy atom. The minimum atomic E-state index is -0.153. The van der Waals surface area contributed by atoms with Crippen molar-refractivity contribution in [3.8, 4) is 11.4 Å². The van der Waals surface area contributed by atoms with Crippen LogP contribution in [0.25, 0.3) is 28.1 Å². The third kappa shape index (κ3) is 4.63. The highest BCUT2D eigenvalue weighted by Crippen LogP contribution is 2.46. The zero-order valence-electron chi connectivity index (χ0n) is 25.0. The topological polar surface area (TPSA) is 111 Å². The maximum absolute atomic E-state index is 13.7. The number of hydrogen-bond acceptors (Lipinski definition) is 5. The second-order valence-corrected chi connectivity index (χ2v) is 13.3. The second kappa shape index (κ2) is 10.5. The number of carbonyl (C=O) groups excluding carboxylic acids is 2. The van der Waals surface area contributed by atoms with Gasteiger partial charge in [0.05, 0.1) is 23.1 Å². The summed E-state index contributed by atoms with van der Waals surface area (Å²) >= 11 is 0. The normalized spacial score (nSPS) is 26.4. The van der Waals surface area contributed by atoms with Crippen molar-refractivity contribution in [1.82, 2.24) is 29.2 Å². The highest BCUT2D eigenvalue weighted by molar-refractivity contribution is 5.96. The molecular formula is C34H41N7O2. The van der Waals surface area contributed by atoms with E-state index in [9.17, 15) is 9.59 Å². The molecule has 2 amide bonds. The minimum absolute atomic E-state index is 0.0840. The van der Waals surface area contributed by atoms with Gasteiger partial charge >= 0.3 is 0 Å². The van der Waals surface area contributed by atoms with Crippen LogP contribution in [0.4, 0.5) is 0 Å². The molecule has 4 aromatic heterocycles. The molecule has 0 spiro atoms. The van der Waals surface area contributed by atoms with Crippen LogP contribution in [0.2, 0.25) is 0 Å². The summed E-state index contributed by atoms with van der Waals surface area (Å²) in [5, 5.41) is 4.23. The number of aromatic nitrogens is 4. The maximum atomic E-state index is 13.7. The zero-order valence-corrected chi connectivity index (χ0v) is 25.0. The number of hydrogen-bond donors (Lipinski definition) is 2. The molecule has 3 aliphatic heterocycles. The van der Waals surface area contributed by atoms with E-state index in [1.807, 2.05) is 30.0 Å². The van der Waals surface area contributed by atoms with Gasteiger partial charge in [-0.05, 0) is 82.2 Å². The summed E-state index contributed by atoms with van der Waals surface area (Å²) < 4.78 is 4.56. The monoisotopic (exact) mass is 579 g/mol. The number of imidazole rings is 1. The van der Waals surface area contributed by atoms with Crippen LogP contribution in [0.1, 0.15) is 111 Å². The van der Waals surface area contributed by atoms with Crippen molar-refractivity contribution < 1.29 is 9.59 Å². The van der Waals surface area contributed by atoms with Gasteiger partial charge < -0.3 is 24.9 Å². The quantitative estimate of drug-likeness (QED) is 0.335. The van der Waals surface area contributed by atoms with Crippen LogP contribution in [-0.4, -0.2) is 53.8 Å². The molecule has 1 saturated carbocycles. The number of nitrogens with two attached hydrogens (primary N) is 1. The standard InChI is InChI=1S/C34H41N7O2/c1-20-26-12-10-22-17-28(39(33(22)37-26)15-6-4-2-3-5-7-30(42)36-20)31-32(21-8-9-21)40-16-14-23(18-29(40)38-31)34(43)41-24-11-13-27(41)25(35)19-24/h10,12,14,16-18,20-21,24-25,27H,2-9,11,13,15,19,35H2,1H3,(H,36,42)/t20-,24+,25-,27-/m1/s1. The molecule has 9 nitrogen and oxygen atoms in total. The largest absolute Gasteiger partial charge is 0.348 e. The van der Waals surface area contributed by atoms with E-state index in [2.05, 4.69) is 32.6 Å². The van der Waals surface area contributed by atoms with Crippen LogP contribution in [0.3, 0.4) is 0 Å². The summed E-state index contributed by atoms with van der Waals surface area (Å²) in [4.78, 5) is 38.6. The fourth-order valence-electron chi connectivity index (χ4n) is 7.91. The van der Waals surface area contributed by atoms with Crippen molar-refractivity contribution in [2.24, 2.45) is 5.73 Å². The van der Waals surface area contributed by atoms with E-state index in [-0.39, 0.29) is 36.0 Å². The van der Waals surface area contributed by atoms with Gasteiger partial charge in [-0.15, -0.1) is 0 Å². The Bertz CT molecular complexity index is 1730. The summed E-state index contributed by atoms with van der Waals surface area (Å²) in [5.41, 5.74) is 13.0. The van der Waals surface area contributed by atoms with Gasteiger partial charge in [0.2, 0.25) is 5.91 Å². The summed E-state index contributed by atoms with van der Waals surface area (Å²) in [5.74, 6) is 0.641. The third-order valence-electron chi connectivity index (χ3n) is 10.3. The molecule has 9 heteroatoms. The lowest BCUT2D eigenvalue weighted by atomic mass is 9.97. The number of nitrogens with one attached hydrogen (secondary N) is 1. The molecule has 224 valence electrons. The maximum Gasteiger partial charge on any atom is 0.254 e. The first-order valence-electron chi connectivity index (χ1n) is 16.4. The van der Waals surface area contributed by atoms with Crippen LogP contribution in [-0.2, 0) is 11.3 Å². The number of amides is 2. The predicted octanol–water partition coefficient (Wildman–Crippen LogP) is 5.46. The Morgan fingerprint density at radius 1 is 1.00 bits per heavy atom. The van der Waals surface area contributed by atoms with Gasteiger partial charge in [-0.1, -0.05) is 19.3 Å². The highest BCUT2D eigenvalue weighted by atomic mass is 16.2. The van der Waals surface area contributed by atoms with Crippen molar-refractivity contribution in [2.75, 3.05) is 0 Å². The van der Waals surface area contributed by atoms with Crippen LogP contribution in [0, 0.1) is 0 Å². The van der Waals surface area contributed by atoms with Gasteiger partial charge in [0.1, 0.15) is 17.0 Å². The first-order chi connectivity index (χ1) is 21.0. The first-order valence-corrected chi connectivity index (χ1v) is 16.4. The van der Waals surface area contributed by atoms with Crippen molar-refractivity contribution in [1.29, 1.82) is 0 Å². The van der Waals surface area contributed by atoms with Crippen LogP contribution >= 0.6 is 0 Å². The smallest absolute Gasteiger partial charge is 0.254 e. The molecule has 3 N–H and O–H groups in total. The summed E-state index contributed by atoms with van der Waals surface area (Å²) in [6, 6.07) is 10.7. The molecule has 7 heterocycles. The zero-order chi connectivity index (χ0) is 29.2. The van der Waals surface area contributed by atoms with E-state index in [4.69, 9.17) is 15.7 Å². The molecule has 8 rings (SSSR count). The van der Waals surface area contributed by atoms with Crippen molar-refractivity contribution in [3.05, 3.63) is 53.5 Å². The molecule has 3 fully saturated rings. The minimum Gasteiger partial charge on any atom is -0.348 e. The molecule has 0 unspecified atom stereocenters. The fourth-order valence-corrected chi connectivity index (χ4v) is 7.91. The van der Waals surface area contributed by atoms with E-state index in [1.54, 1.807) is 0 Å². The fraction of sp³-hybridized carbons (Fsp3) is 0.529. The summed E-state index contributed by atoms with van der Waals surface area (Å²) in [6.45, 7) is 2.88. The number of pyridine rings is 2. The number of rotatable bonds is 3. The molecule has 1 aliphatic carbocycles. The van der Waals surface area contributed by atoms with E-state index in [1.165, 1.54) is 5.69 Å². The number of fused-ring (bicyclic) bond motifs is 4. The Hall–Kier alpha value is -3.72. The average molecular weight is 580 g/mol. The molecule has 2 saturated heterocycles. The molecule has 43 heavy (non-hydrogen) atoms. The van der Waals surface area contributed by atoms with Crippen molar-refractivity contribution in [3.63, 3.8) is 0 Å². The van der Waals surface area contributed by atoms with Gasteiger partial charge in [-0.25, -0.2) is 9.97 Å². The van der Waals surface area contributed by atoms with Crippen LogP contribution < -0.4 is 11.1 Å². The molecule has 0 radical (unpaired) electrons. The van der Waals surface area contributed by atoms with Crippen molar-refractivity contribution in [2.45, 2.75) is 114 Å². The lowest BCUT2D eigenvalue weighted by Crippen LogP contribution is -2.40. The number of carbonyl (C=O) groups is 2. The van der Waals surface area contributed by atoms with E-state index < -0.39 is 0 Å². The Kier molecular flexibility index (Phi) is 6.54. The predicted molar refractivity (Wildman–Crippen MR) is 166 cm³/mol. The van der Waals surface area contributed by atoms with E-state index in [0.717, 1.165) is 105 Å². The third-order valence-corrected chi connectivity index (χ3v) is 10.3. The molecule has 4 aromatic rings. The lowest BCUT2D eigenvalue weighted by molar-refractivity contribution is -0.121. The van der Waals surface area contributed by atoms with Crippen LogP contribution in [0.15, 0.2) is 36.5 Å². The first kappa shape index (κ1) is 26.9. The van der Waals surface area contributed by atoms with E-state index >= 15 is 0 Å². The van der Waals surface area contributed by atoms with Gasteiger partial charge in [0, 0.05) is 54.2 Å². The molecule has 4 bridgehead atoms. The molecule has 4 atom stereocenters. The Morgan fingerprint density at radius 2 is 1.84 bits per heavy atom. The number of aryl methyl sites for hydroxylation is 1. The highest BCUT2D eigenvalue weighted by Gasteiger charge is 2.47. The van der Waals surface area contributed by atoms with Gasteiger partial charge in [0.15, 0.2) is 0 Å². The number of nitrogens with zero attached hydrogens (tertiary/aromatic N) is 5. The van der Waals surface area contributed by atoms with Gasteiger partial charge in [0.25, 0.3) is 5.91 Å². The SMILES string of the molecule is C[C@H]1NC(=O)CCCCCCCn2c(-c3nc4cc(C(=O)N5[C@H]6CC[C@@H]5[C@H](N)C6)ccn4c3C3CC3)cc3ccc1nc32. The van der Waals surface area contributed by atoms with Crippen LogP contribution in [0.5, 0.6) is 0 Å². The second-order valence-electron chi connectivity index (χ2n) is 13.3. The average Bonchev–Trinajstić information content (AvgIpc) is 3.35. The summed E-state index contributed by atoms with van der Waals surface area (Å²) in [7, 11) is 0. The molecular weight excluding hydrogens is 538 g/mol.